The second-order valence-electron chi connectivity index (χ2n) is 5.20. The SMILES string of the molecule is COC(=O)[C@@H]1[C@H]2C=C[C@H]([C@H]3C(Br)=C(Br)[C@H]23)[C@@H]1C(=O)O. The molecule has 4 aliphatic rings. The molecule has 4 aliphatic carbocycles. The summed E-state index contributed by atoms with van der Waals surface area (Å²) in [6.07, 6.45) is 3.93. The molecule has 1 N–H and O–H groups in total. The Morgan fingerprint density at radius 2 is 1.58 bits per heavy atom. The fourth-order valence-corrected chi connectivity index (χ4v) is 5.48. The second kappa shape index (κ2) is 4.45. The maximum absolute atomic E-state index is 12.0. The second-order valence-corrected chi connectivity index (χ2v) is 6.91. The minimum absolute atomic E-state index is 0.0979. The van der Waals surface area contributed by atoms with Crippen LogP contribution in [0.4, 0.5) is 0 Å². The van der Waals surface area contributed by atoms with E-state index in [0.717, 1.165) is 8.96 Å². The lowest BCUT2D eigenvalue weighted by Crippen LogP contribution is -2.56. The maximum atomic E-state index is 12.0. The van der Waals surface area contributed by atoms with E-state index in [-0.39, 0.29) is 23.7 Å². The number of ether oxygens (including phenoxy) is 1. The van der Waals surface area contributed by atoms with Gasteiger partial charge in [0.15, 0.2) is 0 Å². The van der Waals surface area contributed by atoms with E-state index in [1.54, 1.807) is 0 Å². The zero-order chi connectivity index (χ0) is 13.9. The van der Waals surface area contributed by atoms with Crippen molar-refractivity contribution in [2.24, 2.45) is 35.5 Å². The van der Waals surface area contributed by atoms with Gasteiger partial charge in [0, 0.05) is 20.8 Å². The Morgan fingerprint density at radius 1 is 1.11 bits per heavy atom. The Morgan fingerprint density at radius 3 is 2.00 bits per heavy atom. The molecule has 0 spiro atoms. The van der Waals surface area contributed by atoms with E-state index in [2.05, 4.69) is 31.9 Å². The van der Waals surface area contributed by atoms with Gasteiger partial charge in [-0.05, 0) is 11.8 Å². The highest BCUT2D eigenvalue weighted by atomic mass is 79.9. The molecule has 0 aromatic heterocycles. The smallest absolute Gasteiger partial charge is 0.310 e. The largest absolute Gasteiger partial charge is 0.481 e. The first-order chi connectivity index (χ1) is 8.99. The lowest BCUT2D eigenvalue weighted by molar-refractivity contribution is -0.166. The minimum atomic E-state index is -0.920. The van der Waals surface area contributed by atoms with Crippen LogP contribution in [0.25, 0.3) is 0 Å². The summed E-state index contributed by atoms with van der Waals surface area (Å²) in [4.78, 5) is 23.5. The van der Waals surface area contributed by atoms with Crippen molar-refractivity contribution in [3.05, 3.63) is 21.1 Å². The summed E-state index contributed by atoms with van der Waals surface area (Å²) in [5.41, 5.74) is 0. The molecule has 0 aromatic rings. The monoisotopic (exact) mass is 390 g/mol. The number of halogens is 2. The lowest BCUT2D eigenvalue weighted by Gasteiger charge is -2.56. The normalized spacial score (nSPS) is 42.7. The van der Waals surface area contributed by atoms with Crippen molar-refractivity contribution in [3.63, 3.8) is 0 Å². The van der Waals surface area contributed by atoms with Gasteiger partial charge in [0.05, 0.1) is 18.9 Å². The lowest BCUT2D eigenvalue weighted by atomic mass is 9.49. The Labute approximate surface area is 127 Å². The summed E-state index contributed by atoms with van der Waals surface area (Å²) in [6, 6.07) is 0. The van der Waals surface area contributed by atoms with Gasteiger partial charge in [0.25, 0.3) is 0 Å². The van der Waals surface area contributed by atoms with Crippen LogP contribution in [0.5, 0.6) is 0 Å². The number of carbonyl (C=O) groups excluding carboxylic acids is 1. The Balaban J connectivity index is 2.06. The quantitative estimate of drug-likeness (QED) is 0.580. The molecule has 0 heterocycles. The summed E-state index contributed by atoms with van der Waals surface area (Å²) in [6.45, 7) is 0. The van der Waals surface area contributed by atoms with Crippen molar-refractivity contribution in [3.8, 4) is 0 Å². The first-order valence-corrected chi connectivity index (χ1v) is 7.61. The number of esters is 1. The molecule has 19 heavy (non-hydrogen) atoms. The number of carboxylic acids is 1. The molecule has 1 fully saturated rings. The molecule has 6 atom stereocenters. The highest BCUT2D eigenvalue weighted by molar-refractivity contribution is 9.14. The molecule has 1 saturated carbocycles. The fraction of sp³-hybridized carbons (Fsp3) is 0.538. The molecule has 102 valence electrons. The topological polar surface area (TPSA) is 63.6 Å². The molecule has 0 aliphatic heterocycles. The number of aliphatic carboxylic acids is 1. The third-order valence-electron chi connectivity index (χ3n) is 4.56. The van der Waals surface area contributed by atoms with Gasteiger partial charge < -0.3 is 9.84 Å². The van der Waals surface area contributed by atoms with E-state index >= 15 is 0 Å². The van der Waals surface area contributed by atoms with E-state index in [1.807, 2.05) is 12.2 Å². The fourth-order valence-electron chi connectivity index (χ4n) is 3.77. The van der Waals surface area contributed by atoms with E-state index in [1.165, 1.54) is 7.11 Å². The van der Waals surface area contributed by atoms with Crippen molar-refractivity contribution >= 4 is 43.8 Å². The van der Waals surface area contributed by atoms with Crippen molar-refractivity contribution in [1.29, 1.82) is 0 Å². The van der Waals surface area contributed by atoms with Gasteiger partial charge in [0.1, 0.15) is 0 Å². The Hall–Kier alpha value is -0.620. The summed E-state index contributed by atoms with van der Waals surface area (Å²) >= 11 is 7.03. The van der Waals surface area contributed by atoms with Crippen LogP contribution in [0.3, 0.4) is 0 Å². The van der Waals surface area contributed by atoms with Gasteiger partial charge in [-0.1, -0.05) is 44.0 Å². The van der Waals surface area contributed by atoms with Crippen LogP contribution in [-0.2, 0) is 14.3 Å². The third kappa shape index (κ3) is 1.62. The highest BCUT2D eigenvalue weighted by Crippen LogP contribution is 2.64. The number of carbonyl (C=O) groups is 2. The van der Waals surface area contributed by atoms with E-state index in [0.29, 0.717) is 0 Å². The van der Waals surface area contributed by atoms with Gasteiger partial charge in [-0.2, -0.15) is 0 Å². The van der Waals surface area contributed by atoms with Crippen molar-refractivity contribution in [2.75, 3.05) is 7.11 Å². The van der Waals surface area contributed by atoms with Gasteiger partial charge >= 0.3 is 11.9 Å². The molecule has 0 radical (unpaired) electrons. The standard InChI is InChI=1S/C13H12Br2O4/c1-19-13(18)9-5-3-2-4(8(9)12(16)17)6-7(5)11(15)10(6)14/h2-9H,1H3,(H,16,17)/t4-,5+,6-,7-,8+,9-/m1/s1. The zero-order valence-corrected chi connectivity index (χ0v) is 13.2. The van der Waals surface area contributed by atoms with Gasteiger partial charge in [-0.15, -0.1) is 0 Å². The Kier molecular flexibility index (Phi) is 3.13. The first kappa shape index (κ1) is 13.4. The molecule has 0 amide bonds. The number of rotatable bonds is 2. The molecular weight excluding hydrogens is 380 g/mol. The molecule has 2 bridgehead atoms. The molecule has 4 nitrogen and oxygen atoms in total. The van der Waals surface area contributed by atoms with Gasteiger partial charge in [-0.25, -0.2) is 0 Å². The molecule has 4 rings (SSSR count). The van der Waals surface area contributed by atoms with E-state index in [4.69, 9.17) is 4.74 Å². The van der Waals surface area contributed by atoms with Crippen LogP contribution in [0, 0.1) is 35.5 Å². The molecule has 0 aromatic carbocycles. The van der Waals surface area contributed by atoms with Crippen LogP contribution in [-0.4, -0.2) is 24.2 Å². The maximum Gasteiger partial charge on any atom is 0.310 e. The van der Waals surface area contributed by atoms with Gasteiger partial charge in [0.2, 0.25) is 0 Å². The summed E-state index contributed by atoms with van der Waals surface area (Å²) in [5, 5.41) is 9.47. The number of hydrogen-bond acceptors (Lipinski definition) is 3. The number of carboxylic acid groups (broad SMARTS) is 1. The summed E-state index contributed by atoms with van der Waals surface area (Å²) in [5.74, 6) is -2.50. The first-order valence-electron chi connectivity index (χ1n) is 6.03. The number of hydrogen-bond donors (Lipinski definition) is 1. The number of allylic oxidation sites excluding steroid dienone is 4. The predicted octanol–water partition coefficient (Wildman–Crippen LogP) is 2.54. The van der Waals surface area contributed by atoms with Crippen molar-refractivity contribution in [1.82, 2.24) is 0 Å². The van der Waals surface area contributed by atoms with E-state index in [9.17, 15) is 14.7 Å². The van der Waals surface area contributed by atoms with E-state index < -0.39 is 23.8 Å². The average Bonchev–Trinajstić information content (AvgIpc) is 2.43. The summed E-state index contributed by atoms with van der Waals surface area (Å²) in [7, 11) is 1.31. The predicted molar refractivity (Wildman–Crippen MR) is 74.6 cm³/mol. The minimum Gasteiger partial charge on any atom is -0.481 e. The third-order valence-corrected chi connectivity index (χ3v) is 7.00. The number of fused-ring (bicyclic) bond motifs is 1. The highest BCUT2D eigenvalue weighted by Gasteiger charge is 2.62. The van der Waals surface area contributed by atoms with Crippen molar-refractivity contribution in [2.45, 2.75) is 0 Å². The van der Waals surface area contributed by atoms with Crippen LogP contribution in [0.15, 0.2) is 21.1 Å². The van der Waals surface area contributed by atoms with Crippen LogP contribution >= 0.6 is 31.9 Å². The summed E-state index contributed by atoms with van der Waals surface area (Å²) < 4.78 is 6.90. The van der Waals surface area contributed by atoms with Crippen LogP contribution in [0.1, 0.15) is 0 Å². The van der Waals surface area contributed by atoms with Crippen LogP contribution in [0.2, 0.25) is 0 Å². The number of methoxy groups -OCH3 is 1. The zero-order valence-electron chi connectivity index (χ0n) is 10.0. The van der Waals surface area contributed by atoms with Gasteiger partial charge in [-0.3, -0.25) is 9.59 Å². The average molecular weight is 392 g/mol. The Bertz CT molecular complexity index is 525. The van der Waals surface area contributed by atoms with Crippen molar-refractivity contribution < 1.29 is 19.4 Å². The molecule has 6 heteroatoms. The molecule has 0 saturated heterocycles. The molecular formula is C13H12Br2O4. The van der Waals surface area contributed by atoms with Crippen LogP contribution < -0.4 is 0 Å². The molecule has 0 unspecified atom stereocenters.